The summed E-state index contributed by atoms with van der Waals surface area (Å²) in [6.07, 6.45) is 1.56. The van der Waals surface area contributed by atoms with Crippen LogP contribution < -0.4 is 16.0 Å². The fourth-order valence-corrected chi connectivity index (χ4v) is 2.77. The van der Waals surface area contributed by atoms with Crippen molar-refractivity contribution >= 4 is 34.7 Å². The van der Waals surface area contributed by atoms with E-state index in [1.807, 2.05) is 42.5 Å². The van der Waals surface area contributed by atoms with Gasteiger partial charge in [-0.25, -0.2) is 0 Å². The molecule has 0 spiro atoms. The second kappa shape index (κ2) is 8.04. The first-order valence-electron chi connectivity index (χ1n) is 9.02. The predicted molar refractivity (Wildman–Crippen MR) is 112 cm³/mol. The van der Waals surface area contributed by atoms with E-state index in [1.54, 1.807) is 6.20 Å². The van der Waals surface area contributed by atoms with Crippen molar-refractivity contribution in [1.29, 1.82) is 0 Å². The number of nitrogens with one attached hydrogen (secondary N) is 3. The van der Waals surface area contributed by atoms with Gasteiger partial charge in [0.1, 0.15) is 0 Å². The third kappa shape index (κ3) is 5.03. The Morgan fingerprint density at radius 2 is 1.61 bits per heavy atom. The number of benzene rings is 2. The maximum atomic E-state index is 11.1. The van der Waals surface area contributed by atoms with Crippen LogP contribution in [0.25, 0.3) is 0 Å². The van der Waals surface area contributed by atoms with Crippen LogP contribution >= 0.6 is 0 Å². The molecule has 1 heterocycles. The number of hydrogen-bond acceptors (Lipinski definition) is 6. The molecule has 3 rings (SSSR count). The molecule has 3 N–H and O–H groups in total. The third-order valence-electron chi connectivity index (χ3n) is 4.02. The lowest BCUT2D eigenvalue weighted by Crippen LogP contribution is -2.14. The maximum absolute atomic E-state index is 11.1. The molecular formula is C21H24N6O. The second-order valence-electron chi connectivity index (χ2n) is 7.47. The summed E-state index contributed by atoms with van der Waals surface area (Å²) in [4.78, 5) is 15.6. The molecule has 0 bridgehead atoms. The van der Waals surface area contributed by atoms with E-state index in [-0.39, 0.29) is 11.3 Å². The summed E-state index contributed by atoms with van der Waals surface area (Å²) in [6, 6.07) is 15.4. The van der Waals surface area contributed by atoms with Gasteiger partial charge < -0.3 is 16.0 Å². The average molecular weight is 376 g/mol. The average Bonchev–Trinajstić information content (AvgIpc) is 2.63. The van der Waals surface area contributed by atoms with Crippen molar-refractivity contribution in [2.45, 2.75) is 33.1 Å². The molecule has 1 amide bonds. The highest BCUT2D eigenvalue weighted by Crippen LogP contribution is 2.30. The molecule has 0 aliphatic carbocycles. The Kier molecular flexibility index (Phi) is 5.54. The number of amides is 1. The van der Waals surface area contributed by atoms with Gasteiger partial charge in [-0.3, -0.25) is 4.79 Å². The largest absolute Gasteiger partial charge is 0.339 e. The molecule has 0 aliphatic rings. The van der Waals surface area contributed by atoms with Crippen molar-refractivity contribution in [3.05, 3.63) is 60.3 Å². The Morgan fingerprint density at radius 1 is 0.929 bits per heavy atom. The van der Waals surface area contributed by atoms with E-state index in [0.29, 0.717) is 11.8 Å². The molecule has 3 aromatic rings. The van der Waals surface area contributed by atoms with Crippen molar-refractivity contribution in [2.75, 3.05) is 16.0 Å². The number of carbonyl (C=O) groups excluding carboxylic acids is 1. The van der Waals surface area contributed by atoms with Crippen LogP contribution in [-0.4, -0.2) is 21.1 Å². The number of anilines is 5. The van der Waals surface area contributed by atoms with Crippen LogP contribution in [0.15, 0.2) is 54.7 Å². The zero-order chi connectivity index (χ0) is 20.1. The Hall–Kier alpha value is -3.48. The lowest BCUT2D eigenvalue weighted by Gasteiger charge is -2.22. The van der Waals surface area contributed by atoms with Gasteiger partial charge in [0.05, 0.1) is 6.20 Å². The molecule has 0 atom stereocenters. The summed E-state index contributed by atoms with van der Waals surface area (Å²) in [5.41, 5.74) is 3.68. The van der Waals surface area contributed by atoms with E-state index in [0.717, 1.165) is 17.1 Å². The summed E-state index contributed by atoms with van der Waals surface area (Å²) in [6.45, 7) is 7.96. The molecule has 0 aliphatic heterocycles. The number of nitrogens with zero attached hydrogens (tertiary/aromatic N) is 3. The first kappa shape index (κ1) is 19.3. The van der Waals surface area contributed by atoms with E-state index >= 15 is 0 Å². The van der Waals surface area contributed by atoms with Gasteiger partial charge in [-0.15, -0.1) is 5.10 Å². The van der Waals surface area contributed by atoms with Crippen LogP contribution in [0, 0.1) is 0 Å². The quantitative estimate of drug-likeness (QED) is 0.602. The van der Waals surface area contributed by atoms with Crippen LogP contribution in [0.4, 0.5) is 28.8 Å². The van der Waals surface area contributed by atoms with Gasteiger partial charge in [-0.1, -0.05) is 39.0 Å². The minimum absolute atomic E-state index is 0.0114. The molecule has 1 aromatic heterocycles. The molecule has 0 saturated heterocycles. The normalized spacial score (nSPS) is 11.0. The zero-order valence-corrected chi connectivity index (χ0v) is 16.4. The van der Waals surface area contributed by atoms with E-state index in [1.165, 1.54) is 12.5 Å². The van der Waals surface area contributed by atoms with E-state index in [9.17, 15) is 4.79 Å². The third-order valence-corrected chi connectivity index (χ3v) is 4.02. The van der Waals surface area contributed by atoms with Crippen molar-refractivity contribution < 1.29 is 4.79 Å². The zero-order valence-electron chi connectivity index (χ0n) is 16.4. The summed E-state index contributed by atoms with van der Waals surface area (Å²) >= 11 is 0. The van der Waals surface area contributed by atoms with E-state index in [2.05, 4.69) is 58.0 Å². The van der Waals surface area contributed by atoms with E-state index < -0.39 is 0 Å². The van der Waals surface area contributed by atoms with Crippen LogP contribution in [0.1, 0.15) is 33.3 Å². The lowest BCUT2D eigenvalue weighted by atomic mass is 9.86. The molecule has 7 nitrogen and oxygen atoms in total. The molecule has 0 saturated carbocycles. The topological polar surface area (TPSA) is 91.8 Å². The van der Waals surface area contributed by atoms with Gasteiger partial charge in [-0.05, 0) is 41.3 Å². The molecule has 144 valence electrons. The first-order chi connectivity index (χ1) is 13.3. The molecule has 0 fully saturated rings. The number of carbonyl (C=O) groups is 1. The first-order valence-corrected chi connectivity index (χ1v) is 9.02. The SMILES string of the molecule is CC(=O)Nc1ccc(Nc2cnnc(Nc3ccccc3C(C)(C)C)n2)cc1. The lowest BCUT2D eigenvalue weighted by molar-refractivity contribution is -0.114. The molecule has 0 unspecified atom stereocenters. The van der Waals surface area contributed by atoms with Gasteiger partial charge in [-0.2, -0.15) is 10.1 Å². The summed E-state index contributed by atoms with van der Waals surface area (Å²) in [5, 5.41) is 17.3. The fraction of sp³-hybridized carbons (Fsp3) is 0.238. The number of rotatable bonds is 5. The Labute approximate surface area is 164 Å². The van der Waals surface area contributed by atoms with Crippen molar-refractivity contribution in [2.24, 2.45) is 0 Å². The smallest absolute Gasteiger partial charge is 0.249 e. The highest BCUT2D eigenvalue weighted by Gasteiger charge is 2.18. The standard InChI is InChI=1S/C21H24N6O/c1-14(28)23-15-9-11-16(12-10-15)24-19-13-22-27-20(26-19)25-18-8-6-5-7-17(18)21(2,3)4/h5-13H,1-4H3,(H,23,28)(H2,24,25,26,27). The van der Waals surface area contributed by atoms with Gasteiger partial charge in [0.25, 0.3) is 0 Å². The van der Waals surface area contributed by atoms with Crippen LogP contribution in [0.5, 0.6) is 0 Å². The summed E-state index contributed by atoms with van der Waals surface area (Å²) < 4.78 is 0. The minimum atomic E-state index is -0.105. The molecule has 7 heteroatoms. The van der Waals surface area contributed by atoms with Gasteiger partial charge in [0.15, 0.2) is 5.82 Å². The van der Waals surface area contributed by atoms with Crippen molar-refractivity contribution in [1.82, 2.24) is 15.2 Å². The minimum Gasteiger partial charge on any atom is -0.339 e. The van der Waals surface area contributed by atoms with E-state index in [4.69, 9.17) is 0 Å². The molecule has 2 aromatic carbocycles. The van der Waals surface area contributed by atoms with Crippen molar-refractivity contribution in [3.63, 3.8) is 0 Å². The maximum Gasteiger partial charge on any atom is 0.249 e. The number of aromatic nitrogens is 3. The molecule has 28 heavy (non-hydrogen) atoms. The Morgan fingerprint density at radius 3 is 2.29 bits per heavy atom. The number of hydrogen-bond donors (Lipinski definition) is 3. The van der Waals surface area contributed by atoms with Crippen LogP contribution in [0.2, 0.25) is 0 Å². The Balaban J connectivity index is 1.76. The highest BCUT2D eigenvalue weighted by atomic mass is 16.1. The summed E-state index contributed by atoms with van der Waals surface area (Å²) in [5.74, 6) is 0.876. The fourth-order valence-electron chi connectivity index (χ4n) is 2.77. The number of para-hydroxylation sites is 1. The predicted octanol–water partition coefficient (Wildman–Crippen LogP) is 4.61. The Bertz CT molecular complexity index is 963. The molecule has 0 radical (unpaired) electrons. The monoisotopic (exact) mass is 376 g/mol. The van der Waals surface area contributed by atoms with Crippen LogP contribution in [0.3, 0.4) is 0 Å². The molecular weight excluding hydrogens is 352 g/mol. The van der Waals surface area contributed by atoms with Gasteiger partial charge in [0, 0.05) is 24.0 Å². The second-order valence-corrected chi connectivity index (χ2v) is 7.47. The highest BCUT2D eigenvalue weighted by molar-refractivity contribution is 5.88. The summed E-state index contributed by atoms with van der Waals surface area (Å²) in [7, 11) is 0. The van der Waals surface area contributed by atoms with Gasteiger partial charge in [0.2, 0.25) is 11.9 Å². The van der Waals surface area contributed by atoms with Crippen LogP contribution in [-0.2, 0) is 10.2 Å². The van der Waals surface area contributed by atoms with Gasteiger partial charge >= 0.3 is 0 Å². The van der Waals surface area contributed by atoms with Crippen molar-refractivity contribution in [3.8, 4) is 0 Å².